The summed E-state index contributed by atoms with van der Waals surface area (Å²) in [5.41, 5.74) is 0.611. The van der Waals surface area contributed by atoms with Crippen molar-refractivity contribution < 1.29 is 4.39 Å². The van der Waals surface area contributed by atoms with Crippen LogP contribution in [0.3, 0.4) is 0 Å². The van der Waals surface area contributed by atoms with Crippen molar-refractivity contribution in [2.45, 2.75) is 6.17 Å². The molecule has 0 aliphatic rings. The van der Waals surface area contributed by atoms with Crippen LogP contribution in [0.2, 0.25) is 0 Å². The Kier molecular flexibility index (Phi) is 3.84. The molecule has 1 rings (SSSR count). The highest BCUT2D eigenvalue weighted by molar-refractivity contribution is 9.10. The minimum atomic E-state index is -0.211. The first kappa shape index (κ1) is 10.6. The average Bonchev–Trinajstić information content (AvgIpc) is 2.13. The molecule has 13 heavy (non-hydrogen) atoms. The first-order valence-corrected chi connectivity index (χ1v) is 4.78. The lowest BCUT2D eigenvalue weighted by Crippen LogP contribution is -2.29. The normalized spacial score (nSPS) is 10.8. The van der Waals surface area contributed by atoms with Gasteiger partial charge in [-0.3, -0.25) is 0 Å². The van der Waals surface area contributed by atoms with Crippen LogP contribution in [0.25, 0.3) is 0 Å². The van der Waals surface area contributed by atoms with Crippen molar-refractivity contribution in [1.82, 2.24) is 10.6 Å². The van der Waals surface area contributed by atoms with Crippen LogP contribution in [0.5, 0.6) is 0 Å². The molecule has 0 aliphatic heterocycles. The highest BCUT2D eigenvalue weighted by atomic mass is 79.9. The molecule has 4 heteroatoms. The third-order valence-corrected chi connectivity index (χ3v) is 2.34. The molecule has 0 aromatic heterocycles. The highest BCUT2D eigenvalue weighted by Gasteiger charge is 2.11. The zero-order valence-electron chi connectivity index (χ0n) is 7.57. The van der Waals surface area contributed by atoms with Crippen LogP contribution >= 0.6 is 15.9 Å². The molecule has 0 bridgehead atoms. The molecule has 0 atom stereocenters. The van der Waals surface area contributed by atoms with E-state index in [0.717, 1.165) is 4.47 Å². The standard InChI is InChI=1S/C9H12BrFN2/c1-12-9(13-2)7-5-6(10)3-4-8(7)11/h3-5,9,12-13H,1-2H3. The van der Waals surface area contributed by atoms with Gasteiger partial charge in [0.15, 0.2) is 0 Å². The molecular weight excluding hydrogens is 235 g/mol. The Bertz CT molecular complexity index is 287. The van der Waals surface area contributed by atoms with Crippen LogP contribution in [-0.2, 0) is 0 Å². The molecule has 2 nitrogen and oxygen atoms in total. The molecule has 0 fully saturated rings. The molecule has 0 radical (unpaired) electrons. The molecule has 0 unspecified atom stereocenters. The zero-order valence-corrected chi connectivity index (χ0v) is 9.15. The molecular formula is C9H12BrFN2. The van der Waals surface area contributed by atoms with Crippen molar-refractivity contribution in [1.29, 1.82) is 0 Å². The second-order valence-electron chi connectivity index (χ2n) is 2.68. The van der Waals surface area contributed by atoms with Crippen LogP contribution in [0.4, 0.5) is 4.39 Å². The van der Waals surface area contributed by atoms with E-state index < -0.39 is 0 Å². The Balaban J connectivity index is 3.03. The van der Waals surface area contributed by atoms with Crippen LogP contribution < -0.4 is 10.6 Å². The van der Waals surface area contributed by atoms with Crippen LogP contribution in [0, 0.1) is 5.82 Å². The van der Waals surface area contributed by atoms with Crippen molar-refractivity contribution >= 4 is 15.9 Å². The minimum absolute atomic E-state index is 0.155. The second-order valence-corrected chi connectivity index (χ2v) is 3.59. The van der Waals surface area contributed by atoms with Gasteiger partial charge in [-0.2, -0.15) is 0 Å². The largest absolute Gasteiger partial charge is 0.301 e. The van der Waals surface area contributed by atoms with Gasteiger partial charge in [0.1, 0.15) is 5.82 Å². The lowest BCUT2D eigenvalue weighted by atomic mass is 10.1. The quantitative estimate of drug-likeness (QED) is 0.798. The monoisotopic (exact) mass is 246 g/mol. The number of hydrogen-bond acceptors (Lipinski definition) is 2. The zero-order chi connectivity index (χ0) is 9.84. The van der Waals surface area contributed by atoms with E-state index in [-0.39, 0.29) is 12.0 Å². The summed E-state index contributed by atoms with van der Waals surface area (Å²) in [6, 6.07) is 4.88. The summed E-state index contributed by atoms with van der Waals surface area (Å²) in [6.07, 6.45) is -0.155. The first-order valence-electron chi connectivity index (χ1n) is 3.98. The van der Waals surface area contributed by atoms with E-state index >= 15 is 0 Å². The summed E-state index contributed by atoms with van der Waals surface area (Å²) in [7, 11) is 3.56. The molecule has 1 aromatic carbocycles. The van der Waals surface area contributed by atoms with E-state index in [1.54, 1.807) is 26.2 Å². The van der Waals surface area contributed by atoms with Gasteiger partial charge in [0.25, 0.3) is 0 Å². The molecule has 2 N–H and O–H groups in total. The van der Waals surface area contributed by atoms with Gasteiger partial charge in [0.05, 0.1) is 6.17 Å². The molecule has 0 saturated carbocycles. The van der Waals surface area contributed by atoms with Gasteiger partial charge in [0.2, 0.25) is 0 Å². The maximum Gasteiger partial charge on any atom is 0.129 e. The van der Waals surface area contributed by atoms with Crippen LogP contribution in [0.1, 0.15) is 11.7 Å². The van der Waals surface area contributed by atoms with Gasteiger partial charge >= 0.3 is 0 Å². The molecule has 72 valence electrons. The van der Waals surface area contributed by atoms with Gasteiger partial charge in [0, 0.05) is 10.0 Å². The minimum Gasteiger partial charge on any atom is -0.301 e. The maximum absolute atomic E-state index is 13.3. The average molecular weight is 247 g/mol. The van der Waals surface area contributed by atoms with Crippen molar-refractivity contribution in [3.63, 3.8) is 0 Å². The molecule has 0 spiro atoms. The van der Waals surface area contributed by atoms with Crippen LogP contribution in [0.15, 0.2) is 22.7 Å². The predicted octanol–water partition coefficient (Wildman–Crippen LogP) is 2.03. The van der Waals surface area contributed by atoms with Crippen molar-refractivity contribution in [2.24, 2.45) is 0 Å². The van der Waals surface area contributed by atoms with Gasteiger partial charge in [-0.15, -0.1) is 0 Å². The molecule has 0 aliphatic carbocycles. The Hall–Kier alpha value is -0.450. The second kappa shape index (κ2) is 4.69. The number of benzene rings is 1. The maximum atomic E-state index is 13.3. The molecule has 0 amide bonds. The Morgan fingerprint density at radius 3 is 2.46 bits per heavy atom. The fraction of sp³-hybridized carbons (Fsp3) is 0.333. The Morgan fingerprint density at radius 1 is 1.31 bits per heavy atom. The number of hydrogen-bond donors (Lipinski definition) is 2. The Labute approximate surface area is 85.7 Å². The summed E-state index contributed by atoms with van der Waals surface area (Å²) in [5, 5.41) is 5.93. The number of halogens is 2. The van der Waals surface area contributed by atoms with Crippen LogP contribution in [-0.4, -0.2) is 14.1 Å². The fourth-order valence-electron chi connectivity index (χ4n) is 1.19. The summed E-state index contributed by atoms with van der Waals surface area (Å²) in [6.45, 7) is 0. The Morgan fingerprint density at radius 2 is 1.92 bits per heavy atom. The van der Waals surface area contributed by atoms with Gasteiger partial charge < -0.3 is 10.6 Å². The van der Waals surface area contributed by atoms with Gasteiger partial charge in [-0.1, -0.05) is 15.9 Å². The number of nitrogens with one attached hydrogen (secondary N) is 2. The topological polar surface area (TPSA) is 24.1 Å². The van der Waals surface area contributed by atoms with Gasteiger partial charge in [-0.25, -0.2) is 4.39 Å². The molecule has 0 saturated heterocycles. The van der Waals surface area contributed by atoms with E-state index in [1.165, 1.54) is 6.07 Å². The van der Waals surface area contributed by atoms with E-state index in [4.69, 9.17) is 0 Å². The summed E-state index contributed by atoms with van der Waals surface area (Å²) in [4.78, 5) is 0. The summed E-state index contributed by atoms with van der Waals surface area (Å²) >= 11 is 3.30. The summed E-state index contributed by atoms with van der Waals surface area (Å²) in [5.74, 6) is -0.211. The fourth-order valence-corrected chi connectivity index (χ4v) is 1.57. The number of rotatable bonds is 3. The lowest BCUT2D eigenvalue weighted by molar-refractivity contribution is 0.485. The molecule has 0 heterocycles. The highest BCUT2D eigenvalue weighted by Crippen LogP contribution is 2.19. The first-order chi connectivity index (χ1) is 6.19. The predicted molar refractivity (Wildman–Crippen MR) is 55.0 cm³/mol. The molecule has 1 aromatic rings. The lowest BCUT2D eigenvalue weighted by Gasteiger charge is -2.16. The smallest absolute Gasteiger partial charge is 0.129 e. The van der Waals surface area contributed by atoms with E-state index in [1.807, 2.05) is 0 Å². The third-order valence-electron chi connectivity index (χ3n) is 1.85. The van der Waals surface area contributed by atoms with E-state index in [2.05, 4.69) is 26.6 Å². The third kappa shape index (κ3) is 2.49. The van der Waals surface area contributed by atoms with Gasteiger partial charge in [-0.05, 0) is 32.3 Å². The van der Waals surface area contributed by atoms with E-state index in [9.17, 15) is 4.39 Å². The van der Waals surface area contributed by atoms with E-state index in [0.29, 0.717) is 5.56 Å². The SMILES string of the molecule is CNC(NC)c1cc(Br)ccc1F. The van der Waals surface area contributed by atoms with Crippen molar-refractivity contribution in [3.8, 4) is 0 Å². The summed E-state index contributed by atoms with van der Waals surface area (Å²) < 4.78 is 14.2. The van der Waals surface area contributed by atoms with Crippen molar-refractivity contribution in [2.75, 3.05) is 14.1 Å². The van der Waals surface area contributed by atoms with Crippen molar-refractivity contribution in [3.05, 3.63) is 34.1 Å².